The molecule has 4 heteroatoms. The van der Waals surface area contributed by atoms with E-state index in [9.17, 15) is 9.90 Å². The topological polar surface area (TPSA) is 43.8 Å². The first-order valence-corrected chi connectivity index (χ1v) is 7.26. The highest BCUT2D eigenvalue weighted by Gasteiger charge is 2.24. The minimum atomic E-state index is -0.432. The molecule has 1 unspecified atom stereocenters. The molecule has 0 aromatic heterocycles. The van der Waals surface area contributed by atoms with Crippen LogP contribution in [0.4, 0.5) is 0 Å². The summed E-state index contributed by atoms with van der Waals surface area (Å²) in [6, 6.07) is 10.1. The Hall–Kier alpha value is -1.39. The number of carbonyl (C=O) groups excluding carboxylic acids is 1. The van der Waals surface area contributed by atoms with Gasteiger partial charge in [-0.15, -0.1) is 0 Å². The molecule has 1 aromatic carbocycles. The quantitative estimate of drug-likeness (QED) is 0.909. The predicted molar refractivity (Wildman–Crippen MR) is 79.3 cm³/mol. The van der Waals surface area contributed by atoms with Crippen LogP contribution in [0.5, 0.6) is 0 Å². The first-order chi connectivity index (χ1) is 9.58. The van der Waals surface area contributed by atoms with Gasteiger partial charge in [0, 0.05) is 39.6 Å². The third-order valence-corrected chi connectivity index (χ3v) is 4.22. The van der Waals surface area contributed by atoms with Crippen LogP contribution in [0.15, 0.2) is 30.3 Å². The fourth-order valence-corrected chi connectivity index (χ4v) is 2.77. The van der Waals surface area contributed by atoms with Crippen molar-refractivity contribution >= 4 is 5.91 Å². The maximum Gasteiger partial charge on any atom is 0.219 e. The van der Waals surface area contributed by atoms with Crippen LogP contribution in [-0.2, 0) is 4.79 Å². The summed E-state index contributed by atoms with van der Waals surface area (Å²) in [6.45, 7) is 4.16. The summed E-state index contributed by atoms with van der Waals surface area (Å²) in [4.78, 5) is 15.5. The molecule has 0 saturated carbocycles. The highest BCUT2D eigenvalue weighted by atomic mass is 16.3. The molecule has 0 aliphatic carbocycles. The zero-order chi connectivity index (χ0) is 14.5. The molecule has 110 valence electrons. The van der Waals surface area contributed by atoms with Crippen molar-refractivity contribution in [3.8, 4) is 0 Å². The van der Waals surface area contributed by atoms with Gasteiger partial charge in [-0.05, 0) is 18.4 Å². The molecule has 1 amide bonds. The van der Waals surface area contributed by atoms with E-state index >= 15 is 0 Å². The zero-order valence-corrected chi connectivity index (χ0v) is 12.3. The molecule has 2 rings (SSSR count). The second-order valence-corrected chi connectivity index (χ2v) is 5.59. The zero-order valence-electron chi connectivity index (χ0n) is 12.3. The van der Waals surface area contributed by atoms with Crippen LogP contribution in [0.2, 0.25) is 0 Å². The fraction of sp³-hybridized carbons (Fsp3) is 0.562. The van der Waals surface area contributed by atoms with Crippen LogP contribution in [-0.4, -0.2) is 53.5 Å². The standard InChI is InChI=1S/C16H24N2O2/c1-13(19)17(2)15-8-10-18(11-9-15)12-16(20)14-6-4-3-5-7-14/h3-7,15-16,20H,8-12H2,1-2H3. The van der Waals surface area contributed by atoms with Gasteiger partial charge in [0.1, 0.15) is 0 Å². The molecule has 1 heterocycles. The molecule has 1 aliphatic heterocycles. The third kappa shape index (κ3) is 3.81. The third-order valence-electron chi connectivity index (χ3n) is 4.22. The van der Waals surface area contributed by atoms with Gasteiger partial charge in [-0.3, -0.25) is 4.79 Å². The molecule has 1 aliphatic rings. The first-order valence-electron chi connectivity index (χ1n) is 7.26. The van der Waals surface area contributed by atoms with Crippen LogP contribution in [0.25, 0.3) is 0 Å². The highest BCUT2D eigenvalue weighted by molar-refractivity contribution is 5.73. The molecule has 1 fully saturated rings. The maximum absolute atomic E-state index is 11.4. The van der Waals surface area contributed by atoms with E-state index in [-0.39, 0.29) is 5.91 Å². The Morgan fingerprint density at radius 2 is 1.95 bits per heavy atom. The number of piperidine rings is 1. The van der Waals surface area contributed by atoms with E-state index < -0.39 is 6.10 Å². The lowest BCUT2D eigenvalue weighted by Gasteiger charge is -2.37. The number of nitrogens with zero attached hydrogens (tertiary/aromatic N) is 2. The smallest absolute Gasteiger partial charge is 0.219 e. The Bertz CT molecular complexity index is 427. The lowest BCUT2D eigenvalue weighted by molar-refractivity contribution is -0.130. The number of hydrogen-bond donors (Lipinski definition) is 1. The molecule has 1 atom stereocenters. The largest absolute Gasteiger partial charge is 0.387 e. The van der Waals surface area contributed by atoms with Crippen molar-refractivity contribution < 1.29 is 9.90 Å². The average Bonchev–Trinajstić information content (AvgIpc) is 2.48. The number of rotatable bonds is 4. The van der Waals surface area contributed by atoms with Gasteiger partial charge in [0.15, 0.2) is 0 Å². The number of aliphatic hydroxyl groups excluding tert-OH is 1. The number of likely N-dealkylation sites (tertiary alicyclic amines) is 1. The van der Waals surface area contributed by atoms with E-state index in [1.54, 1.807) is 6.92 Å². The van der Waals surface area contributed by atoms with E-state index in [2.05, 4.69) is 4.90 Å². The first kappa shape index (κ1) is 15.0. The van der Waals surface area contributed by atoms with E-state index in [4.69, 9.17) is 0 Å². The molecule has 0 bridgehead atoms. The van der Waals surface area contributed by atoms with Crippen LogP contribution < -0.4 is 0 Å². The summed E-state index contributed by atoms with van der Waals surface area (Å²) in [5.41, 5.74) is 0.968. The van der Waals surface area contributed by atoms with Crippen molar-refractivity contribution in [2.24, 2.45) is 0 Å². The molecule has 0 radical (unpaired) electrons. The molecule has 20 heavy (non-hydrogen) atoms. The number of benzene rings is 1. The van der Waals surface area contributed by atoms with Gasteiger partial charge in [0.05, 0.1) is 6.10 Å². The van der Waals surface area contributed by atoms with E-state index in [1.165, 1.54) is 0 Å². The molecule has 1 N–H and O–H groups in total. The van der Waals surface area contributed by atoms with Crippen molar-refractivity contribution in [3.63, 3.8) is 0 Å². The summed E-state index contributed by atoms with van der Waals surface area (Å²) >= 11 is 0. The number of aliphatic hydroxyl groups is 1. The van der Waals surface area contributed by atoms with Crippen molar-refractivity contribution in [1.82, 2.24) is 9.80 Å². The van der Waals surface area contributed by atoms with Gasteiger partial charge in [-0.25, -0.2) is 0 Å². The second kappa shape index (κ2) is 6.86. The lowest BCUT2D eigenvalue weighted by atomic mass is 10.0. The summed E-state index contributed by atoms with van der Waals surface area (Å²) in [5, 5.41) is 10.2. The van der Waals surface area contributed by atoms with E-state index in [1.807, 2.05) is 42.3 Å². The summed E-state index contributed by atoms with van der Waals surface area (Å²) in [5.74, 6) is 0.132. The summed E-state index contributed by atoms with van der Waals surface area (Å²) < 4.78 is 0. The fourth-order valence-electron chi connectivity index (χ4n) is 2.77. The summed E-state index contributed by atoms with van der Waals surface area (Å²) in [6.07, 6.45) is 1.54. The minimum absolute atomic E-state index is 0.132. The van der Waals surface area contributed by atoms with Gasteiger partial charge in [-0.2, -0.15) is 0 Å². The number of amides is 1. The molecular weight excluding hydrogens is 252 g/mol. The van der Waals surface area contributed by atoms with Gasteiger partial charge in [0.2, 0.25) is 5.91 Å². The van der Waals surface area contributed by atoms with E-state index in [0.717, 1.165) is 31.5 Å². The Balaban J connectivity index is 1.81. The molecule has 1 aromatic rings. The SMILES string of the molecule is CC(=O)N(C)C1CCN(CC(O)c2ccccc2)CC1. The Morgan fingerprint density at radius 1 is 1.35 bits per heavy atom. The van der Waals surface area contributed by atoms with Crippen LogP contribution in [0, 0.1) is 0 Å². The molecular formula is C16H24N2O2. The van der Waals surface area contributed by atoms with Gasteiger partial charge in [0.25, 0.3) is 0 Å². The molecule has 1 saturated heterocycles. The highest BCUT2D eigenvalue weighted by Crippen LogP contribution is 2.19. The average molecular weight is 276 g/mol. The minimum Gasteiger partial charge on any atom is -0.387 e. The number of carbonyl (C=O) groups is 1. The van der Waals surface area contributed by atoms with Gasteiger partial charge >= 0.3 is 0 Å². The van der Waals surface area contributed by atoms with Crippen molar-refractivity contribution in [2.45, 2.75) is 31.9 Å². The Morgan fingerprint density at radius 3 is 2.50 bits per heavy atom. The van der Waals surface area contributed by atoms with Crippen molar-refractivity contribution in [1.29, 1.82) is 0 Å². The van der Waals surface area contributed by atoms with Crippen molar-refractivity contribution in [3.05, 3.63) is 35.9 Å². The van der Waals surface area contributed by atoms with Crippen LogP contribution in [0.1, 0.15) is 31.4 Å². The van der Waals surface area contributed by atoms with Gasteiger partial charge in [-0.1, -0.05) is 30.3 Å². The monoisotopic (exact) mass is 276 g/mol. The van der Waals surface area contributed by atoms with Crippen molar-refractivity contribution in [2.75, 3.05) is 26.7 Å². The second-order valence-electron chi connectivity index (χ2n) is 5.59. The maximum atomic E-state index is 11.4. The Labute approximate surface area is 121 Å². The van der Waals surface area contributed by atoms with Crippen LogP contribution in [0.3, 0.4) is 0 Å². The molecule has 4 nitrogen and oxygen atoms in total. The number of β-amino-alcohol motifs (C(OH)–C–C–N with tert-alkyl or cyclic N) is 1. The van der Waals surface area contributed by atoms with Crippen LogP contribution >= 0.6 is 0 Å². The van der Waals surface area contributed by atoms with E-state index in [0.29, 0.717) is 12.6 Å². The lowest BCUT2D eigenvalue weighted by Crippen LogP contribution is -2.45. The molecule has 0 spiro atoms. The number of hydrogen-bond acceptors (Lipinski definition) is 3. The normalized spacial score (nSPS) is 18.8. The van der Waals surface area contributed by atoms with Gasteiger partial charge < -0.3 is 14.9 Å². The Kier molecular flexibility index (Phi) is 5.15. The summed E-state index contributed by atoms with van der Waals surface area (Å²) in [7, 11) is 1.88. The predicted octanol–water partition coefficient (Wildman–Crippen LogP) is 1.66.